The first-order valence-electron chi connectivity index (χ1n) is 8.17. The van der Waals surface area contributed by atoms with E-state index in [2.05, 4.69) is 4.98 Å². The van der Waals surface area contributed by atoms with Crippen LogP contribution in [-0.4, -0.2) is 20.7 Å². The van der Waals surface area contributed by atoms with Crippen molar-refractivity contribution >= 4 is 11.0 Å². The lowest BCUT2D eigenvalue weighted by Crippen LogP contribution is -2.41. The number of aromatic nitrogens is 3. The Balaban J connectivity index is 1.84. The third-order valence-electron chi connectivity index (χ3n) is 4.68. The number of hydrogen-bond acceptors (Lipinski definition) is 4. The number of nitrogens with zero attached hydrogens (tertiary/aromatic N) is 3. The number of ether oxygens (including phenoxy) is 1. The predicted molar refractivity (Wildman–Crippen MR) is 90.9 cm³/mol. The number of hydrogen-bond donors (Lipinski definition) is 0. The van der Waals surface area contributed by atoms with Crippen molar-refractivity contribution in [2.24, 2.45) is 7.05 Å². The van der Waals surface area contributed by atoms with Crippen molar-refractivity contribution in [3.05, 3.63) is 68.5 Å². The zero-order chi connectivity index (χ0) is 19.3. The van der Waals surface area contributed by atoms with Crippen molar-refractivity contribution in [1.29, 1.82) is 0 Å². The summed E-state index contributed by atoms with van der Waals surface area (Å²) in [5.74, 6) is 0.496. The van der Waals surface area contributed by atoms with Crippen LogP contribution in [0.3, 0.4) is 0 Å². The first kappa shape index (κ1) is 17.3. The monoisotopic (exact) mass is 377 g/mol. The van der Waals surface area contributed by atoms with Crippen LogP contribution in [0, 0.1) is 0 Å². The molecule has 6 nitrogen and oxygen atoms in total. The third-order valence-corrected chi connectivity index (χ3v) is 4.68. The molecule has 1 aliphatic rings. The van der Waals surface area contributed by atoms with Gasteiger partial charge in [0.15, 0.2) is 0 Å². The summed E-state index contributed by atoms with van der Waals surface area (Å²) in [7, 11) is 1.30. The molecule has 1 aliphatic heterocycles. The van der Waals surface area contributed by atoms with Gasteiger partial charge in [0.2, 0.25) is 0 Å². The molecule has 0 aliphatic carbocycles. The largest absolute Gasteiger partial charge is 0.493 e. The number of benzene rings is 1. The van der Waals surface area contributed by atoms with Gasteiger partial charge in [0.1, 0.15) is 17.1 Å². The van der Waals surface area contributed by atoms with Crippen LogP contribution in [0.15, 0.2) is 46.0 Å². The van der Waals surface area contributed by atoms with Crippen molar-refractivity contribution in [2.75, 3.05) is 6.61 Å². The molecule has 0 bridgehead atoms. The van der Waals surface area contributed by atoms with Crippen LogP contribution in [0.25, 0.3) is 11.0 Å². The van der Waals surface area contributed by atoms with Crippen molar-refractivity contribution in [2.45, 2.75) is 18.6 Å². The third kappa shape index (κ3) is 2.79. The summed E-state index contributed by atoms with van der Waals surface area (Å²) in [6.45, 7) is 0.387. The lowest BCUT2D eigenvalue weighted by Gasteiger charge is -2.14. The second-order valence-corrected chi connectivity index (χ2v) is 6.37. The molecule has 27 heavy (non-hydrogen) atoms. The van der Waals surface area contributed by atoms with Gasteiger partial charge in [0, 0.05) is 25.1 Å². The Morgan fingerprint density at radius 1 is 1.19 bits per heavy atom. The first-order valence-corrected chi connectivity index (χ1v) is 8.17. The van der Waals surface area contributed by atoms with E-state index in [1.54, 1.807) is 6.07 Å². The SMILES string of the molecule is Cn1c(=O)n(CC2COc3ccccc32)c(=O)c2ccc(C(F)(F)F)nc21. The fraction of sp³-hybridized carbons (Fsp3) is 0.278. The number of fused-ring (bicyclic) bond motifs is 2. The van der Waals surface area contributed by atoms with E-state index >= 15 is 0 Å². The maximum atomic E-state index is 12.9. The van der Waals surface area contributed by atoms with Crippen molar-refractivity contribution in [3.63, 3.8) is 0 Å². The summed E-state index contributed by atoms with van der Waals surface area (Å²) in [5, 5.41) is -0.0442. The summed E-state index contributed by atoms with van der Waals surface area (Å²) >= 11 is 0. The molecule has 2 aromatic heterocycles. The van der Waals surface area contributed by atoms with Crippen molar-refractivity contribution < 1.29 is 17.9 Å². The van der Waals surface area contributed by atoms with Crippen LogP contribution < -0.4 is 16.0 Å². The summed E-state index contributed by atoms with van der Waals surface area (Å²) in [5.41, 5.74) is -1.95. The lowest BCUT2D eigenvalue weighted by molar-refractivity contribution is -0.141. The Kier molecular flexibility index (Phi) is 3.83. The van der Waals surface area contributed by atoms with Crippen LogP contribution in [0.2, 0.25) is 0 Å². The molecule has 3 aromatic rings. The van der Waals surface area contributed by atoms with Crippen LogP contribution in [-0.2, 0) is 19.8 Å². The fourth-order valence-electron chi connectivity index (χ4n) is 3.29. The minimum Gasteiger partial charge on any atom is -0.493 e. The molecule has 0 fully saturated rings. The molecule has 9 heteroatoms. The van der Waals surface area contributed by atoms with Gasteiger partial charge in [-0.1, -0.05) is 18.2 Å². The number of rotatable bonds is 2. The lowest BCUT2D eigenvalue weighted by atomic mass is 10.0. The molecule has 1 unspecified atom stereocenters. The molecule has 0 saturated heterocycles. The molecule has 3 heterocycles. The predicted octanol–water partition coefficient (Wildman–Crippen LogP) is 2.29. The molecule has 140 valence electrons. The van der Waals surface area contributed by atoms with Gasteiger partial charge >= 0.3 is 11.9 Å². The average molecular weight is 377 g/mol. The van der Waals surface area contributed by atoms with Gasteiger partial charge < -0.3 is 4.74 Å². The van der Waals surface area contributed by atoms with E-state index in [1.165, 1.54) is 7.05 Å². The van der Waals surface area contributed by atoms with Crippen LogP contribution in [0.1, 0.15) is 17.2 Å². The number of pyridine rings is 1. The molecule has 0 saturated carbocycles. The standard InChI is InChI=1S/C18H14F3N3O3/c1-23-15-12(6-7-14(22-15)18(19,20)21)16(25)24(17(23)26)8-10-9-27-13-5-3-2-4-11(10)13/h2-7,10H,8-9H2,1H3. The fourth-order valence-corrected chi connectivity index (χ4v) is 3.29. The van der Waals surface area contributed by atoms with Gasteiger partial charge in [-0.15, -0.1) is 0 Å². The summed E-state index contributed by atoms with van der Waals surface area (Å²) < 4.78 is 46.2. The molecule has 0 spiro atoms. The summed E-state index contributed by atoms with van der Waals surface area (Å²) in [4.78, 5) is 28.9. The zero-order valence-corrected chi connectivity index (χ0v) is 14.2. The van der Waals surface area contributed by atoms with Crippen LogP contribution >= 0.6 is 0 Å². The highest BCUT2D eigenvalue weighted by Gasteiger charge is 2.33. The van der Waals surface area contributed by atoms with E-state index in [9.17, 15) is 22.8 Å². The second-order valence-electron chi connectivity index (χ2n) is 6.37. The van der Waals surface area contributed by atoms with Gasteiger partial charge in [0.25, 0.3) is 5.56 Å². The Labute approximate surface area is 150 Å². The highest BCUT2D eigenvalue weighted by atomic mass is 19.4. The van der Waals surface area contributed by atoms with E-state index < -0.39 is 23.1 Å². The van der Waals surface area contributed by atoms with Crippen molar-refractivity contribution in [1.82, 2.24) is 14.1 Å². The molecular formula is C18H14F3N3O3. The Hall–Kier alpha value is -3.10. The Morgan fingerprint density at radius 3 is 2.67 bits per heavy atom. The van der Waals surface area contributed by atoms with Crippen LogP contribution in [0.5, 0.6) is 5.75 Å². The van der Waals surface area contributed by atoms with E-state index in [0.717, 1.165) is 26.8 Å². The minimum absolute atomic E-state index is 0.0442. The maximum absolute atomic E-state index is 12.9. The summed E-state index contributed by atoms with van der Waals surface area (Å²) in [6, 6.07) is 9.13. The van der Waals surface area contributed by atoms with Gasteiger partial charge in [-0.05, 0) is 18.2 Å². The van der Waals surface area contributed by atoms with Gasteiger partial charge in [-0.2, -0.15) is 13.2 Å². The van der Waals surface area contributed by atoms with E-state index in [-0.39, 0.29) is 23.5 Å². The second kappa shape index (κ2) is 5.97. The van der Waals surface area contributed by atoms with E-state index in [0.29, 0.717) is 12.4 Å². The molecule has 1 atom stereocenters. The minimum atomic E-state index is -4.66. The molecule has 0 N–H and O–H groups in total. The maximum Gasteiger partial charge on any atom is 0.433 e. The van der Waals surface area contributed by atoms with Gasteiger partial charge in [-0.3, -0.25) is 13.9 Å². The van der Waals surface area contributed by atoms with Crippen molar-refractivity contribution in [3.8, 4) is 5.75 Å². The summed E-state index contributed by atoms with van der Waals surface area (Å²) in [6.07, 6.45) is -4.66. The van der Waals surface area contributed by atoms with E-state index in [1.807, 2.05) is 18.2 Å². The molecule has 1 aromatic carbocycles. The molecular weight excluding hydrogens is 363 g/mol. The first-order chi connectivity index (χ1) is 12.8. The molecule has 0 amide bonds. The quantitative estimate of drug-likeness (QED) is 0.687. The zero-order valence-electron chi connectivity index (χ0n) is 14.2. The highest BCUT2D eigenvalue weighted by molar-refractivity contribution is 5.74. The Morgan fingerprint density at radius 2 is 1.93 bits per heavy atom. The van der Waals surface area contributed by atoms with Crippen LogP contribution in [0.4, 0.5) is 13.2 Å². The number of halogens is 3. The van der Waals surface area contributed by atoms with Gasteiger partial charge in [0.05, 0.1) is 12.0 Å². The number of aryl methyl sites for hydroxylation is 1. The Bertz CT molecular complexity index is 1160. The molecule has 4 rings (SSSR count). The topological polar surface area (TPSA) is 66.1 Å². The molecule has 0 radical (unpaired) electrons. The highest BCUT2D eigenvalue weighted by Crippen LogP contribution is 2.34. The van der Waals surface area contributed by atoms with E-state index in [4.69, 9.17) is 4.74 Å². The normalized spacial score (nSPS) is 16.4. The average Bonchev–Trinajstić information content (AvgIpc) is 3.05. The van der Waals surface area contributed by atoms with Gasteiger partial charge in [-0.25, -0.2) is 9.78 Å². The number of para-hydroxylation sites is 1. The smallest absolute Gasteiger partial charge is 0.433 e. The number of alkyl halides is 3.